The van der Waals surface area contributed by atoms with Crippen molar-refractivity contribution in [3.63, 3.8) is 0 Å². The summed E-state index contributed by atoms with van der Waals surface area (Å²) >= 11 is 0. The van der Waals surface area contributed by atoms with Crippen LogP contribution in [0, 0.1) is 17.0 Å². The zero-order valence-corrected chi connectivity index (χ0v) is 8.85. The average molecular weight is 222 g/mol. The second kappa shape index (κ2) is 3.44. The number of nitrogens with one attached hydrogen (secondary N) is 1. The molecule has 2 rings (SSSR count). The first-order chi connectivity index (χ1) is 7.56. The molecule has 7 nitrogen and oxygen atoms in total. The van der Waals surface area contributed by atoms with E-state index in [1.165, 1.54) is 0 Å². The number of aromatic amines is 1. The van der Waals surface area contributed by atoms with Gasteiger partial charge in [0.1, 0.15) is 11.3 Å². The fourth-order valence-electron chi connectivity index (χ4n) is 1.77. The fraction of sp³-hybridized carbons (Fsp3) is 0.333. The summed E-state index contributed by atoms with van der Waals surface area (Å²) < 4.78 is 1.65. The van der Waals surface area contributed by atoms with E-state index in [9.17, 15) is 14.9 Å². The second-order valence-corrected chi connectivity index (χ2v) is 3.36. The quantitative estimate of drug-likeness (QED) is 0.604. The first-order valence-corrected chi connectivity index (χ1v) is 4.79. The molecule has 0 atom stereocenters. The highest BCUT2D eigenvalue weighted by molar-refractivity contribution is 5.83. The molecule has 0 aliphatic rings. The van der Waals surface area contributed by atoms with Gasteiger partial charge in [-0.05, 0) is 13.8 Å². The summed E-state index contributed by atoms with van der Waals surface area (Å²) in [5.41, 5.74) is -0.129. The van der Waals surface area contributed by atoms with Gasteiger partial charge in [0.15, 0.2) is 5.52 Å². The zero-order valence-electron chi connectivity index (χ0n) is 8.85. The van der Waals surface area contributed by atoms with Gasteiger partial charge < -0.3 is 9.55 Å². The molecule has 0 bridgehead atoms. The first-order valence-electron chi connectivity index (χ1n) is 4.79. The molecule has 0 radical (unpaired) electrons. The summed E-state index contributed by atoms with van der Waals surface area (Å²) in [7, 11) is 0. The van der Waals surface area contributed by atoms with Crippen molar-refractivity contribution in [2.75, 3.05) is 0 Å². The minimum Gasteiger partial charge on any atom is -0.324 e. The Bertz CT molecular complexity index is 625. The van der Waals surface area contributed by atoms with E-state index in [1.54, 1.807) is 11.5 Å². The van der Waals surface area contributed by atoms with Gasteiger partial charge in [-0.25, -0.2) is 4.98 Å². The van der Waals surface area contributed by atoms with Gasteiger partial charge in [-0.1, -0.05) is 0 Å². The van der Waals surface area contributed by atoms with E-state index >= 15 is 0 Å². The van der Waals surface area contributed by atoms with Crippen molar-refractivity contribution in [2.45, 2.75) is 20.4 Å². The maximum absolute atomic E-state index is 11.6. The van der Waals surface area contributed by atoms with Crippen molar-refractivity contribution in [3.8, 4) is 0 Å². The monoisotopic (exact) mass is 222 g/mol. The average Bonchev–Trinajstić information content (AvgIpc) is 2.55. The van der Waals surface area contributed by atoms with Crippen LogP contribution in [-0.4, -0.2) is 19.5 Å². The van der Waals surface area contributed by atoms with E-state index in [0.29, 0.717) is 12.4 Å². The van der Waals surface area contributed by atoms with E-state index in [4.69, 9.17) is 0 Å². The van der Waals surface area contributed by atoms with Crippen LogP contribution in [-0.2, 0) is 6.54 Å². The number of H-pyrrole nitrogens is 1. The third kappa shape index (κ3) is 1.28. The van der Waals surface area contributed by atoms with Gasteiger partial charge in [0.25, 0.3) is 5.56 Å². The lowest BCUT2D eigenvalue weighted by atomic mass is 10.3. The summed E-state index contributed by atoms with van der Waals surface area (Å²) in [6, 6.07) is 0. The lowest BCUT2D eigenvalue weighted by molar-refractivity contribution is -0.383. The second-order valence-electron chi connectivity index (χ2n) is 3.36. The van der Waals surface area contributed by atoms with Crippen molar-refractivity contribution < 1.29 is 4.92 Å². The summed E-state index contributed by atoms with van der Waals surface area (Å²) in [6.45, 7) is 4.12. The van der Waals surface area contributed by atoms with E-state index < -0.39 is 4.92 Å². The van der Waals surface area contributed by atoms with E-state index in [2.05, 4.69) is 9.97 Å². The molecule has 0 amide bonds. The Morgan fingerprint density at radius 1 is 1.62 bits per heavy atom. The number of hydrogen-bond acceptors (Lipinski definition) is 4. The maximum Gasteiger partial charge on any atom is 0.313 e. The van der Waals surface area contributed by atoms with E-state index in [1.807, 2.05) is 6.92 Å². The number of imidazole rings is 1. The molecule has 0 saturated heterocycles. The molecule has 0 spiro atoms. The molecule has 2 heterocycles. The van der Waals surface area contributed by atoms with Gasteiger partial charge >= 0.3 is 5.69 Å². The third-order valence-corrected chi connectivity index (χ3v) is 2.47. The maximum atomic E-state index is 11.6. The van der Waals surface area contributed by atoms with Gasteiger partial charge in [0, 0.05) is 6.54 Å². The number of nitro groups is 1. The topological polar surface area (TPSA) is 93.8 Å². The molecule has 0 aliphatic heterocycles. The highest BCUT2D eigenvalue weighted by Gasteiger charge is 2.20. The van der Waals surface area contributed by atoms with Gasteiger partial charge in [-0.15, -0.1) is 0 Å². The Kier molecular flexibility index (Phi) is 2.22. The molecule has 0 saturated carbocycles. The molecule has 0 unspecified atom stereocenters. The van der Waals surface area contributed by atoms with Crippen LogP contribution in [0.25, 0.3) is 11.0 Å². The van der Waals surface area contributed by atoms with Crippen LogP contribution >= 0.6 is 0 Å². The predicted molar refractivity (Wildman–Crippen MR) is 57.4 cm³/mol. The molecule has 0 fully saturated rings. The van der Waals surface area contributed by atoms with E-state index in [-0.39, 0.29) is 22.3 Å². The first kappa shape index (κ1) is 10.3. The number of rotatable bonds is 2. The standard InChI is InChI=1S/C9H10N4O3/c1-3-12-5(2)11-7-6(13(15)16)4-10-9(14)8(7)12/h4H,3H2,1-2H3,(H,10,14). The molecule has 84 valence electrons. The van der Waals surface area contributed by atoms with Crippen molar-refractivity contribution in [3.05, 3.63) is 32.5 Å². The van der Waals surface area contributed by atoms with Gasteiger partial charge in [0.05, 0.1) is 11.1 Å². The van der Waals surface area contributed by atoms with Crippen LogP contribution in [0.15, 0.2) is 11.0 Å². The molecule has 2 aromatic heterocycles. The molecule has 1 N–H and O–H groups in total. The van der Waals surface area contributed by atoms with Crippen LogP contribution in [0.2, 0.25) is 0 Å². The lowest BCUT2D eigenvalue weighted by Crippen LogP contribution is -2.11. The molecular weight excluding hydrogens is 212 g/mol. The minimum absolute atomic E-state index is 0.146. The minimum atomic E-state index is -0.551. The summed E-state index contributed by atoms with van der Waals surface area (Å²) in [5, 5.41) is 10.8. The Labute approximate surface area is 89.9 Å². The van der Waals surface area contributed by atoms with E-state index in [0.717, 1.165) is 6.20 Å². The van der Waals surface area contributed by atoms with Gasteiger partial charge in [-0.2, -0.15) is 0 Å². The number of aryl methyl sites for hydroxylation is 2. The molecule has 0 aliphatic carbocycles. The summed E-state index contributed by atoms with van der Waals surface area (Å²) in [4.78, 5) is 28.2. The number of hydrogen-bond donors (Lipinski definition) is 1. The van der Waals surface area contributed by atoms with Crippen LogP contribution in [0.1, 0.15) is 12.7 Å². The van der Waals surface area contributed by atoms with Crippen LogP contribution in [0.3, 0.4) is 0 Å². The van der Waals surface area contributed by atoms with Crippen molar-refractivity contribution in [1.29, 1.82) is 0 Å². The van der Waals surface area contributed by atoms with Crippen molar-refractivity contribution in [1.82, 2.24) is 14.5 Å². The smallest absolute Gasteiger partial charge is 0.313 e. The highest BCUT2D eigenvalue weighted by Crippen LogP contribution is 2.21. The SMILES string of the molecule is CCn1c(C)nc2c([N+](=O)[O-])c[nH]c(=O)c21. The van der Waals surface area contributed by atoms with Gasteiger partial charge in [0.2, 0.25) is 0 Å². The van der Waals surface area contributed by atoms with Crippen LogP contribution in [0.4, 0.5) is 5.69 Å². The largest absolute Gasteiger partial charge is 0.324 e. The van der Waals surface area contributed by atoms with Crippen molar-refractivity contribution in [2.24, 2.45) is 0 Å². The number of pyridine rings is 1. The third-order valence-electron chi connectivity index (χ3n) is 2.47. The number of fused-ring (bicyclic) bond motifs is 1. The summed E-state index contributed by atoms with van der Waals surface area (Å²) in [6.07, 6.45) is 1.08. The molecule has 7 heteroatoms. The predicted octanol–water partition coefficient (Wildman–Crippen LogP) is 0.961. The lowest BCUT2D eigenvalue weighted by Gasteiger charge is -1.99. The summed E-state index contributed by atoms with van der Waals surface area (Å²) in [5.74, 6) is 0.595. The molecular formula is C9H10N4O3. The Morgan fingerprint density at radius 3 is 2.88 bits per heavy atom. The number of nitrogens with zero attached hydrogens (tertiary/aromatic N) is 3. The Balaban J connectivity index is 2.97. The fourth-order valence-corrected chi connectivity index (χ4v) is 1.77. The van der Waals surface area contributed by atoms with Gasteiger partial charge in [-0.3, -0.25) is 14.9 Å². The molecule has 16 heavy (non-hydrogen) atoms. The van der Waals surface area contributed by atoms with Crippen LogP contribution < -0.4 is 5.56 Å². The molecule has 2 aromatic rings. The highest BCUT2D eigenvalue weighted by atomic mass is 16.6. The van der Waals surface area contributed by atoms with Crippen molar-refractivity contribution >= 4 is 16.7 Å². The number of aromatic nitrogens is 3. The van der Waals surface area contributed by atoms with Crippen LogP contribution in [0.5, 0.6) is 0 Å². The Morgan fingerprint density at radius 2 is 2.31 bits per heavy atom. The Hall–Kier alpha value is -2.18. The normalized spacial score (nSPS) is 10.9. The zero-order chi connectivity index (χ0) is 11.9. The molecule has 0 aromatic carbocycles.